The highest BCUT2D eigenvalue weighted by Gasteiger charge is 2.20. The van der Waals surface area contributed by atoms with Crippen LogP contribution in [0, 0.1) is 17.0 Å². The Labute approximate surface area is 190 Å². The van der Waals surface area contributed by atoms with Crippen molar-refractivity contribution in [3.05, 3.63) is 54.7 Å². The fourth-order valence-corrected chi connectivity index (χ4v) is 3.31. The maximum absolute atomic E-state index is 12.6. The van der Waals surface area contributed by atoms with Crippen molar-refractivity contribution in [3.63, 3.8) is 0 Å². The fraction of sp³-hybridized carbons (Fsp3) is 0.476. The lowest BCUT2D eigenvalue weighted by atomic mass is 10.1. The molecule has 1 heterocycles. The molecule has 0 aliphatic heterocycles. The zero-order chi connectivity index (χ0) is 24.5. The summed E-state index contributed by atoms with van der Waals surface area (Å²) in [5, 5.41) is 13.6. The van der Waals surface area contributed by atoms with Crippen LogP contribution in [0.25, 0.3) is 0 Å². The van der Waals surface area contributed by atoms with Crippen molar-refractivity contribution < 1.29 is 14.5 Å². The minimum Gasteiger partial charge on any atom is -0.383 e. The second kappa shape index (κ2) is 11.8. The number of aromatic nitrogens is 2. The van der Waals surface area contributed by atoms with Gasteiger partial charge in [-0.1, -0.05) is 13.3 Å². The molecule has 12 heteroatoms. The van der Waals surface area contributed by atoms with E-state index >= 15 is 0 Å². The van der Waals surface area contributed by atoms with Crippen molar-refractivity contribution in [2.24, 2.45) is 0 Å². The number of nitro groups is 1. The van der Waals surface area contributed by atoms with E-state index < -0.39 is 16.2 Å². The maximum Gasteiger partial charge on any atom is 0.330 e. The number of carbonyl (C=O) groups is 1. The SMILES string of the molecule is CCCCn1c(N)c(N(CCOC)CCC(=O)Nc2ccc([N+](=O)[O-])cc2C)c(=O)[nH]c1=O. The molecule has 0 radical (unpaired) electrons. The van der Waals surface area contributed by atoms with Gasteiger partial charge in [0.1, 0.15) is 11.5 Å². The van der Waals surface area contributed by atoms with Crippen LogP contribution in [0.5, 0.6) is 0 Å². The Hall–Kier alpha value is -3.67. The Morgan fingerprint density at radius 2 is 2.06 bits per heavy atom. The quantitative estimate of drug-likeness (QED) is 0.316. The molecular formula is C21H30N6O6. The number of amides is 1. The van der Waals surface area contributed by atoms with Crippen LogP contribution >= 0.6 is 0 Å². The predicted octanol–water partition coefficient (Wildman–Crippen LogP) is 1.62. The highest BCUT2D eigenvalue weighted by molar-refractivity contribution is 5.92. The van der Waals surface area contributed by atoms with E-state index in [0.29, 0.717) is 24.2 Å². The van der Waals surface area contributed by atoms with Crippen molar-refractivity contribution in [2.45, 2.75) is 39.7 Å². The molecule has 180 valence electrons. The van der Waals surface area contributed by atoms with Crippen molar-refractivity contribution in [2.75, 3.05) is 42.8 Å². The Morgan fingerprint density at radius 3 is 2.67 bits per heavy atom. The normalized spacial score (nSPS) is 10.8. The number of rotatable bonds is 12. The van der Waals surface area contributed by atoms with Gasteiger partial charge in [-0.05, 0) is 25.0 Å². The van der Waals surface area contributed by atoms with Gasteiger partial charge < -0.3 is 20.7 Å². The largest absolute Gasteiger partial charge is 0.383 e. The summed E-state index contributed by atoms with van der Waals surface area (Å²) in [5.41, 5.74) is 6.04. The second-order valence-corrected chi connectivity index (χ2v) is 7.53. The van der Waals surface area contributed by atoms with E-state index in [1.165, 1.54) is 29.9 Å². The third kappa shape index (κ3) is 6.65. The monoisotopic (exact) mass is 462 g/mol. The number of anilines is 3. The van der Waals surface area contributed by atoms with Gasteiger partial charge in [-0.15, -0.1) is 0 Å². The third-order valence-corrected chi connectivity index (χ3v) is 5.13. The lowest BCUT2D eigenvalue weighted by Crippen LogP contribution is -2.40. The van der Waals surface area contributed by atoms with E-state index in [-0.39, 0.29) is 49.2 Å². The number of hydrogen-bond acceptors (Lipinski definition) is 8. The third-order valence-electron chi connectivity index (χ3n) is 5.13. The number of methoxy groups -OCH3 is 1. The van der Waals surface area contributed by atoms with Gasteiger partial charge in [0.2, 0.25) is 5.91 Å². The van der Waals surface area contributed by atoms with Crippen LogP contribution in [0.3, 0.4) is 0 Å². The predicted molar refractivity (Wildman–Crippen MR) is 126 cm³/mol. The van der Waals surface area contributed by atoms with Crippen LogP contribution < -0.4 is 27.2 Å². The molecule has 0 spiro atoms. The van der Waals surface area contributed by atoms with Crippen molar-refractivity contribution in [3.8, 4) is 0 Å². The molecular weight excluding hydrogens is 432 g/mol. The van der Waals surface area contributed by atoms with Gasteiger partial charge in [-0.3, -0.25) is 29.3 Å². The number of unbranched alkanes of at least 4 members (excludes halogenated alkanes) is 1. The second-order valence-electron chi connectivity index (χ2n) is 7.53. The zero-order valence-corrected chi connectivity index (χ0v) is 19.1. The standard InChI is InChI=1S/C21H30N6O6/c1-4-5-9-26-19(22)18(20(29)24-21(26)30)25(11-12-33-3)10-8-17(28)23-16-7-6-15(27(31)32)13-14(16)2/h6-7,13H,4-5,8-12,22H2,1-3H3,(H,23,28)(H,24,29,30). The maximum atomic E-state index is 12.6. The van der Waals surface area contributed by atoms with E-state index in [4.69, 9.17) is 10.5 Å². The molecule has 1 aromatic carbocycles. The number of nitrogens with one attached hydrogen (secondary N) is 2. The summed E-state index contributed by atoms with van der Waals surface area (Å²) in [6.07, 6.45) is 1.56. The minimum atomic E-state index is -0.632. The van der Waals surface area contributed by atoms with Crippen LogP contribution in [0.15, 0.2) is 27.8 Å². The first-order valence-corrected chi connectivity index (χ1v) is 10.6. The summed E-state index contributed by atoms with van der Waals surface area (Å²) in [6, 6.07) is 4.16. The minimum absolute atomic E-state index is 0.00705. The van der Waals surface area contributed by atoms with Gasteiger partial charge in [-0.25, -0.2) is 4.79 Å². The Kier molecular flexibility index (Phi) is 9.16. The first-order valence-electron chi connectivity index (χ1n) is 10.6. The van der Waals surface area contributed by atoms with E-state index in [2.05, 4.69) is 10.3 Å². The molecule has 0 saturated heterocycles. The number of nitrogen functional groups attached to an aromatic ring is 1. The van der Waals surface area contributed by atoms with Gasteiger partial charge in [0.25, 0.3) is 11.2 Å². The van der Waals surface area contributed by atoms with Gasteiger partial charge >= 0.3 is 5.69 Å². The van der Waals surface area contributed by atoms with Gasteiger partial charge in [-0.2, -0.15) is 0 Å². The number of aromatic amines is 1. The topological polar surface area (TPSA) is 166 Å². The number of carbonyl (C=O) groups excluding carboxylic acids is 1. The molecule has 0 unspecified atom stereocenters. The summed E-state index contributed by atoms with van der Waals surface area (Å²) in [6.45, 7) is 4.69. The summed E-state index contributed by atoms with van der Waals surface area (Å²) in [7, 11) is 1.51. The van der Waals surface area contributed by atoms with Crippen LogP contribution in [0.2, 0.25) is 0 Å². The summed E-state index contributed by atoms with van der Waals surface area (Å²) < 4.78 is 6.44. The number of ether oxygens (including phenoxy) is 1. The average molecular weight is 463 g/mol. The molecule has 1 aromatic heterocycles. The van der Waals surface area contributed by atoms with Crippen LogP contribution in [0.1, 0.15) is 31.7 Å². The van der Waals surface area contributed by atoms with Crippen molar-refractivity contribution in [1.29, 1.82) is 0 Å². The smallest absolute Gasteiger partial charge is 0.330 e. The number of non-ortho nitro benzene ring substituents is 1. The molecule has 33 heavy (non-hydrogen) atoms. The molecule has 0 bridgehead atoms. The highest BCUT2D eigenvalue weighted by Crippen LogP contribution is 2.22. The first kappa shape index (κ1) is 25.6. The number of nitrogens with zero attached hydrogens (tertiary/aromatic N) is 3. The average Bonchev–Trinajstić information content (AvgIpc) is 2.76. The lowest BCUT2D eigenvalue weighted by molar-refractivity contribution is -0.384. The van der Waals surface area contributed by atoms with Gasteiger partial charge in [0.15, 0.2) is 0 Å². The summed E-state index contributed by atoms with van der Waals surface area (Å²) in [5.74, 6) is -0.302. The molecule has 0 saturated carbocycles. The van der Waals surface area contributed by atoms with E-state index in [1.807, 2.05) is 6.92 Å². The number of aryl methyl sites for hydroxylation is 1. The lowest BCUT2D eigenvalue weighted by Gasteiger charge is -2.26. The molecule has 1 amide bonds. The van der Waals surface area contributed by atoms with E-state index in [1.54, 1.807) is 11.8 Å². The number of nitro benzene ring substituents is 1. The van der Waals surface area contributed by atoms with Crippen molar-refractivity contribution >= 4 is 28.8 Å². The molecule has 0 aliphatic carbocycles. The van der Waals surface area contributed by atoms with Crippen LogP contribution in [-0.2, 0) is 16.1 Å². The molecule has 2 aromatic rings. The molecule has 2 rings (SSSR count). The Morgan fingerprint density at radius 1 is 1.33 bits per heavy atom. The number of benzene rings is 1. The zero-order valence-electron chi connectivity index (χ0n) is 19.1. The number of H-pyrrole nitrogens is 1. The van der Waals surface area contributed by atoms with Crippen LogP contribution in [-0.4, -0.2) is 47.2 Å². The van der Waals surface area contributed by atoms with E-state index in [0.717, 1.165) is 6.42 Å². The van der Waals surface area contributed by atoms with Gasteiger partial charge in [0.05, 0.1) is 11.5 Å². The molecule has 4 N–H and O–H groups in total. The van der Waals surface area contributed by atoms with Crippen LogP contribution in [0.4, 0.5) is 22.9 Å². The van der Waals surface area contributed by atoms with Gasteiger partial charge in [0, 0.05) is 51.0 Å². The molecule has 12 nitrogen and oxygen atoms in total. The fourth-order valence-electron chi connectivity index (χ4n) is 3.31. The Bertz CT molecular complexity index is 1110. The molecule has 0 atom stereocenters. The number of nitrogens with two attached hydrogens (primary N) is 1. The van der Waals surface area contributed by atoms with E-state index in [9.17, 15) is 24.5 Å². The highest BCUT2D eigenvalue weighted by atomic mass is 16.6. The summed E-state index contributed by atoms with van der Waals surface area (Å²) >= 11 is 0. The number of hydrogen-bond donors (Lipinski definition) is 3. The van der Waals surface area contributed by atoms with Crippen molar-refractivity contribution in [1.82, 2.24) is 9.55 Å². The molecule has 0 fully saturated rings. The first-order chi connectivity index (χ1) is 15.7. The molecule has 0 aliphatic rings. The summed E-state index contributed by atoms with van der Waals surface area (Å²) in [4.78, 5) is 51.6. The Balaban J connectivity index is 2.22.